The van der Waals surface area contributed by atoms with Crippen LogP contribution in [-0.4, -0.2) is 15.3 Å². The van der Waals surface area contributed by atoms with E-state index in [4.69, 9.17) is 0 Å². The molecule has 0 aliphatic rings. The van der Waals surface area contributed by atoms with Crippen molar-refractivity contribution in [3.8, 4) is 0 Å². The normalized spacial score (nSPS) is 11.1. The van der Waals surface area contributed by atoms with Gasteiger partial charge in [0.1, 0.15) is 10.6 Å². The molecule has 0 radical (unpaired) electrons. The second-order valence-electron chi connectivity index (χ2n) is 4.90. The molecule has 0 bridgehead atoms. The van der Waals surface area contributed by atoms with E-state index in [9.17, 15) is 14.4 Å². The van der Waals surface area contributed by atoms with Crippen LogP contribution in [0.15, 0.2) is 15.7 Å². The van der Waals surface area contributed by atoms with E-state index in [1.54, 1.807) is 0 Å². The van der Waals surface area contributed by atoms with Gasteiger partial charge >= 0.3 is 5.69 Å². The number of hydrogen-bond acceptors (Lipinski definition) is 4. The highest BCUT2D eigenvalue weighted by Crippen LogP contribution is 2.21. The average Bonchev–Trinajstić information content (AvgIpc) is 2.78. The first-order valence-corrected chi connectivity index (χ1v) is 7.59. The SMILES string of the molecule is CCCCc1cc2c(=O)n(CCC(C)=O)c(=O)[nH]c2s1. The maximum absolute atomic E-state index is 12.3. The fraction of sp³-hybridized carbons (Fsp3) is 0.500. The van der Waals surface area contributed by atoms with E-state index in [2.05, 4.69) is 11.9 Å². The van der Waals surface area contributed by atoms with Gasteiger partial charge in [-0.3, -0.25) is 19.1 Å². The molecule has 0 aliphatic carbocycles. The Morgan fingerprint density at radius 3 is 2.80 bits per heavy atom. The molecule has 6 heteroatoms. The molecular formula is C14H18N2O3S. The number of carbonyl (C=O) groups is 1. The third-order valence-corrected chi connectivity index (χ3v) is 4.30. The standard InChI is InChI=1S/C14H18N2O3S/c1-3-4-5-10-8-11-12(20-10)15-14(19)16(13(11)18)7-6-9(2)17/h8H,3-7H2,1-2H3,(H,15,19). The Labute approximate surface area is 120 Å². The molecule has 0 unspecified atom stereocenters. The van der Waals surface area contributed by atoms with Crippen molar-refractivity contribution in [1.29, 1.82) is 0 Å². The van der Waals surface area contributed by atoms with Gasteiger partial charge in [0.05, 0.1) is 5.39 Å². The third-order valence-electron chi connectivity index (χ3n) is 3.19. The molecule has 2 rings (SSSR count). The Balaban J connectivity index is 2.43. The van der Waals surface area contributed by atoms with E-state index in [1.165, 1.54) is 18.3 Å². The Morgan fingerprint density at radius 2 is 2.15 bits per heavy atom. The quantitative estimate of drug-likeness (QED) is 0.886. The zero-order chi connectivity index (χ0) is 14.7. The molecule has 0 fully saturated rings. The zero-order valence-corrected chi connectivity index (χ0v) is 12.5. The Bertz CT molecular complexity index is 739. The van der Waals surface area contributed by atoms with Gasteiger partial charge < -0.3 is 0 Å². The Hall–Kier alpha value is -1.69. The van der Waals surface area contributed by atoms with Gasteiger partial charge in [0.2, 0.25) is 0 Å². The van der Waals surface area contributed by atoms with E-state index in [-0.39, 0.29) is 24.3 Å². The summed E-state index contributed by atoms with van der Waals surface area (Å²) in [6, 6.07) is 1.86. The number of thiophene rings is 1. The first-order valence-electron chi connectivity index (χ1n) is 6.78. The van der Waals surface area contributed by atoms with E-state index in [0.717, 1.165) is 28.7 Å². The average molecular weight is 294 g/mol. The number of unbranched alkanes of at least 4 members (excludes halogenated alkanes) is 1. The Kier molecular flexibility index (Phi) is 4.54. The van der Waals surface area contributed by atoms with E-state index < -0.39 is 5.69 Å². The number of nitrogens with zero attached hydrogens (tertiary/aromatic N) is 1. The molecular weight excluding hydrogens is 276 g/mol. The van der Waals surface area contributed by atoms with Gasteiger partial charge in [-0.25, -0.2) is 4.79 Å². The lowest BCUT2D eigenvalue weighted by atomic mass is 10.2. The molecule has 5 nitrogen and oxygen atoms in total. The van der Waals surface area contributed by atoms with Gasteiger partial charge in [-0.15, -0.1) is 11.3 Å². The van der Waals surface area contributed by atoms with E-state index in [0.29, 0.717) is 10.2 Å². The number of fused-ring (bicyclic) bond motifs is 1. The second-order valence-corrected chi connectivity index (χ2v) is 6.03. The monoisotopic (exact) mass is 294 g/mol. The summed E-state index contributed by atoms with van der Waals surface area (Å²) < 4.78 is 1.11. The summed E-state index contributed by atoms with van der Waals surface area (Å²) in [6.07, 6.45) is 3.27. The van der Waals surface area contributed by atoms with Crippen molar-refractivity contribution in [2.45, 2.75) is 46.1 Å². The van der Waals surface area contributed by atoms with Crippen molar-refractivity contribution in [1.82, 2.24) is 9.55 Å². The summed E-state index contributed by atoms with van der Waals surface area (Å²) in [6.45, 7) is 3.70. The molecule has 2 aromatic rings. The van der Waals surface area contributed by atoms with E-state index >= 15 is 0 Å². The summed E-state index contributed by atoms with van der Waals surface area (Å²) in [7, 11) is 0. The van der Waals surface area contributed by atoms with Gasteiger partial charge in [0.25, 0.3) is 5.56 Å². The molecule has 0 saturated carbocycles. The lowest BCUT2D eigenvalue weighted by Crippen LogP contribution is -2.35. The predicted molar refractivity (Wildman–Crippen MR) is 80.6 cm³/mol. The largest absolute Gasteiger partial charge is 0.329 e. The molecule has 0 atom stereocenters. The first-order chi connectivity index (χ1) is 9.52. The summed E-state index contributed by atoms with van der Waals surface area (Å²) >= 11 is 1.46. The minimum Gasteiger partial charge on any atom is -0.300 e. The fourth-order valence-corrected chi connectivity index (χ4v) is 3.12. The maximum atomic E-state index is 12.3. The Morgan fingerprint density at radius 1 is 1.40 bits per heavy atom. The van der Waals surface area contributed by atoms with E-state index in [1.807, 2.05) is 6.07 Å². The number of H-pyrrole nitrogens is 1. The van der Waals surface area contributed by atoms with Gasteiger partial charge in [-0.2, -0.15) is 0 Å². The number of rotatable bonds is 6. The molecule has 108 valence electrons. The van der Waals surface area contributed by atoms with Crippen LogP contribution in [0, 0.1) is 0 Å². The summed E-state index contributed by atoms with van der Waals surface area (Å²) in [5, 5.41) is 0.546. The van der Waals surface area contributed by atoms with Crippen molar-refractivity contribution in [3.63, 3.8) is 0 Å². The molecule has 0 amide bonds. The molecule has 0 aromatic carbocycles. The zero-order valence-electron chi connectivity index (χ0n) is 11.7. The van der Waals surface area contributed by atoms with Crippen LogP contribution in [0.2, 0.25) is 0 Å². The number of ketones is 1. The minimum absolute atomic E-state index is 0.0367. The topological polar surface area (TPSA) is 71.9 Å². The van der Waals surface area contributed by atoms with Gasteiger partial charge in [-0.05, 0) is 25.8 Å². The number of hydrogen-bond donors (Lipinski definition) is 1. The van der Waals surface area contributed by atoms with Gasteiger partial charge in [-0.1, -0.05) is 13.3 Å². The predicted octanol–water partition coefficient (Wildman–Crippen LogP) is 2.07. The molecule has 0 aliphatic heterocycles. The van der Waals surface area contributed by atoms with Crippen LogP contribution in [0.25, 0.3) is 10.2 Å². The third kappa shape index (κ3) is 3.07. The van der Waals surface area contributed by atoms with Crippen LogP contribution in [0.4, 0.5) is 0 Å². The fourth-order valence-electron chi connectivity index (χ4n) is 2.04. The number of aromatic amines is 1. The molecule has 0 spiro atoms. The van der Waals surface area contributed by atoms with Crippen molar-refractivity contribution < 1.29 is 4.79 Å². The highest BCUT2D eigenvalue weighted by Gasteiger charge is 2.11. The van der Waals surface area contributed by atoms with Crippen LogP contribution in [0.3, 0.4) is 0 Å². The lowest BCUT2D eigenvalue weighted by Gasteiger charge is -2.02. The van der Waals surface area contributed by atoms with Crippen LogP contribution in [0.5, 0.6) is 0 Å². The summed E-state index contributed by atoms with van der Waals surface area (Å²) in [4.78, 5) is 39.7. The van der Waals surface area contributed by atoms with Crippen LogP contribution < -0.4 is 11.2 Å². The smallest absolute Gasteiger partial charge is 0.300 e. The van der Waals surface area contributed by atoms with Crippen LogP contribution >= 0.6 is 11.3 Å². The van der Waals surface area contributed by atoms with Crippen LogP contribution in [0.1, 0.15) is 38.0 Å². The maximum Gasteiger partial charge on any atom is 0.329 e. The molecule has 0 saturated heterocycles. The molecule has 2 heterocycles. The minimum atomic E-state index is -0.437. The highest BCUT2D eigenvalue weighted by atomic mass is 32.1. The van der Waals surface area contributed by atoms with Crippen molar-refractivity contribution in [3.05, 3.63) is 31.8 Å². The number of nitrogens with one attached hydrogen (secondary N) is 1. The molecule has 20 heavy (non-hydrogen) atoms. The number of aromatic nitrogens is 2. The summed E-state index contributed by atoms with van der Waals surface area (Å²) in [5.41, 5.74) is -0.739. The van der Waals surface area contributed by atoms with Crippen molar-refractivity contribution in [2.75, 3.05) is 0 Å². The highest BCUT2D eigenvalue weighted by molar-refractivity contribution is 7.18. The first kappa shape index (κ1) is 14.7. The number of aryl methyl sites for hydroxylation is 1. The second kappa shape index (κ2) is 6.17. The van der Waals surface area contributed by atoms with Gasteiger partial charge in [0.15, 0.2) is 0 Å². The number of carbonyl (C=O) groups excluding carboxylic acids is 1. The molecule has 2 aromatic heterocycles. The number of Topliss-reactive ketones (excluding diaryl/α,β-unsaturated/α-hetero) is 1. The van der Waals surface area contributed by atoms with Crippen LogP contribution in [-0.2, 0) is 17.8 Å². The van der Waals surface area contributed by atoms with Gasteiger partial charge in [0, 0.05) is 17.8 Å². The van der Waals surface area contributed by atoms with Crippen molar-refractivity contribution in [2.24, 2.45) is 0 Å². The molecule has 1 N–H and O–H groups in total. The van der Waals surface area contributed by atoms with Crippen molar-refractivity contribution >= 4 is 27.3 Å². The summed E-state index contributed by atoms with van der Waals surface area (Å²) in [5.74, 6) is -0.0367. The lowest BCUT2D eigenvalue weighted by molar-refractivity contribution is -0.117.